The molecular weight excluding hydrogens is 469 g/mol. The summed E-state index contributed by atoms with van der Waals surface area (Å²) in [4.78, 5) is 12.1. The molecule has 2 aromatic carbocycles. The van der Waals surface area contributed by atoms with Crippen LogP contribution in [0.1, 0.15) is 5.56 Å². The Labute approximate surface area is 194 Å². The van der Waals surface area contributed by atoms with Gasteiger partial charge in [-0.1, -0.05) is 41.9 Å². The van der Waals surface area contributed by atoms with Crippen molar-refractivity contribution in [2.75, 3.05) is 10.5 Å². The monoisotopic (exact) mass is 485 g/mol. The third-order valence-electron chi connectivity index (χ3n) is 4.43. The van der Waals surface area contributed by atoms with E-state index >= 15 is 4.39 Å². The van der Waals surface area contributed by atoms with Gasteiger partial charge in [-0.15, -0.1) is 0 Å². The highest BCUT2D eigenvalue weighted by Gasteiger charge is 2.21. The molecule has 0 aliphatic rings. The molecule has 3 N–H and O–H groups in total. The predicted molar refractivity (Wildman–Crippen MR) is 124 cm³/mol. The SMILES string of the molecule is Nc1nccc(-c2cccnc2Oc2c(Cl)ccc(NS(=O)(=O)Cc3ccccc3)c2F)n1. The first-order valence-corrected chi connectivity index (χ1v) is 11.6. The van der Waals surface area contributed by atoms with Gasteiger partial charge in [0.15, 0.2) is 11.6 Å². The fraction of sp³-hybridized carbons (Fsp3) is 0.0455. The number of nitrogens with one attached hydrogen (secondary N) is 1. The number of aromatic nitrogens is 3. The number of hydrogen-bond acceptors (Lipinski definition) is 7. The van der Waals surface area contributed by atoms with Crippen LogP contribution in [0.15, 0.2) is 73.1 Å². The molecule has 8 nitrogen and oxygen atoms in total. The standard InChI is InChI=1S/C22H17ClFN5O3S/c23-16-8-9-18(29-33(30,31)13-14-5-2-1-3-6-14)19(24)20(16)32-21-15(7-4-11-26-21)17-10-12-27-22(25)28-17/h1-12,29H,13H2,(H2,25,27,28). The maximum absolute atomic E-state index is 15.3. The van der Waals surface area contributed by atoms with E-state index < -0.39 is 21.6 Å². The zero-order chi connectivity index (χ0) is 23.4. The predicted octanol–water partition coefficient (Wildman–Crippen LogP) is 4.65. The smallest absolute Gasteiger partial charge is 0.237 e. The molecule has 11 heteroatoms. The Bertz CT molecular complexity index is 1400. The van der Waals surface area contributed by atoms with Gasteiger partial charge in [0.1, 0.15) is 0 Å². The van der Waals surface area contributed by atoms with Gasteiger partial charge in [-0.25, -0.2) is 27.8 Å². The van der Waals surface area contributed by atoms with Crippen LogP contribution in [-0.4, -0.2) is 23.4 Å². The lowest BCUT2D eigenvalue weighted by Crippen LogP contribution is -2.16. The van der Waals surface area contributed by atoms with Crippen molar-refractivity contribution in [1.29, 1.82) is 0 Å². The van der Waals surface area contributed by atoms with Gasteiger partial charge in [-0.3, -0.25) is 4.72 Å². The molecule has 4 rings (SSSR count). The van der Waals surface area contributed by atoms with E-state index in [1.54, 1.807) is 48.5 Å². The van der Waals surface area contributed by atoms with Gasteiger partial charge in [-0.2, -0.15) is 0 Å². The van der Waals surface area contributed by atoms with E-state index in [0.717, 1.165) is 0 Å². The maximum atomic E-state index is 15.3. The van der Waals surface area contributed by atoms with Crippen molar-refractivity contribution in [2.24, 2.45) is 0 Å². The normalized spacial score (nSPS) is 11.2. The lowest BCUT2D eigenvalue weighted by Gasteiger charge is -2.14. The van der Waals surface area contributed by atoms with Crippen LogP contribution in [0.4, 0.5) is 16.0 Å². The van der Waals surface area contributed by atoms with Crippen molar-refractivity contribution in [3.63, 3.8) is 0 Å². The van der Waals surface area contributed by atoms with E-state index in [-0.39, 0.29) is 28.3 Å². The van der Waals surface area contributed by atoms with Crippen LogP contribution in [0, 0.1) is 5.82 Å². The Morgan fingerprint density at radius 2 is 1.79 bits per heavy atom. The van der Waals surface area contributed by atoms with Crippen LogP contribution < -0.4 is 15.2 Å². The highest BCUT2D eigenvalue weighted by atomic mass is 35.5. The zero-order valence-electron chi connectivity index (χ0n) is 16.9. The summed E-state index contributed by atoms with van der Waals surface area (Å²) < 4.78 is 48.3. The van der Waals surface area contributed by atoms with Crippen molar-refractivity contribution in [3.05, 3.63) is 89.5 Å². The number of sulfonamides is 1. The number of rotatable bonds is 7. The van der Waals surface area contributed by atoms with E-state index in [1.165, 1.54) is 24.5 Å². The van der Waals surface area contributed by atoms with Crippen LogP contribution in [0.2, 0.25) is 5.02 Å². The van der Waals surface area contributed by atoms with E-state index in [1.807, 2.05) is 0 Å². The van der Waals surface area contributed by atoms with Gasteiger partial charge in [-0.05, 0) is 35.9 Å². The number of nitrogen functional groups attached to an aromatic ring is 1. The molecule has 0 spiro atoms. The fourth-order valence-electron chi connectivity index (χ4n) is 2.99. The number of ether oxygens (including phenoxy) is 1. The third-order valence-corrected chi connectivity index (χ3v) is 5.98. The molecule has 0 atom stereocenters. The minimum atomic E-state index is -3.90. The quantitative estimate of drug-likeness (QED) is 0.391. The molecule has 0 unspecified atom stereocenters. The fourth-order valence-corrected chi connectivity index (χ4v) is 4.37. The van der Waals surface area contributed by atoms with Gasteiger partial charge in [0.2, 0.25) is 21.9 Å². The first kappa shape index (κ1) is 22.4. The second kappa shape index (κ2) is 9.39. The third kappa shape index (κ3) is 5.36. The minimum Gasteiger partial charge on any atom is -0.434 e. The van der Waals surface area contributed by atoms with Gasteiger partial charge in [0.05, 0.1) is 27.7 Å². The molecule has 0 aliphatic carbocycles. The molecule has 4 aromatic rings. The number of anilines is 2. The van der Waals surface area contributed by atoms with Gasteiger partial charge < -0.3 is 10.5 Å². The highest BCUT2D eigenvalue weighted by Crippen LogP contribution is 2.38. The van der Waals surface area contributed by atoms with E-state index in [2.05, 4.69) is 19.7 Å². The number of nitrogens with two attached hydrogens (primary N) is 1. The highest BCUT2D eigenvalue weighted by molar-refractivity contribution is 7.91. The van der Waals surface area contributed by atoms with Crippen molar-refractivity contribution >= 4 is 33.3 Å². The molecule has 0 saturated heterocycles. The Hall–Kier alpha value is -3.76. The topological polar surface area (TPSA) is 120 Å². The number of halogens is 2. The first-order chi connectivity index (χ1) is 15.8. The molecule has 33 heavy (non-hydrogen) atoms. The molecule has 0 saturated carbocycles. The largest absolute Gasteiger partial charge is 0.434 e. The summed E-state index contributed by atoms with van der Waals surface area (Å²) in [6, 6.07) is 16.0. The average Bonchev–Trinajstić information content (AvgIpc) is 2.79. The number of pyridine rings is 1. The van der Waals surface area contributed by atoms with Crippen LogP contribution in [0.3, 0.4) is 0 Å². The molecule has 0 amide bonds. The summed E-state index contributed by atoms with van der Waals surface area (Å²) in [7, 11) is -3.90. The van der Waals surface area contributed by atoms with Crippen LogP contribution >= 0.6 is 11.6 Å². The van der Waals surface area contributed by atoms with E-state index in [4.69, 9.17) is 22.1 Å². The summed E-state index contributed by atoms with van der Waals surface area (Å²) in [6.45, 7) is 0. The lowest BCUT2D eigenvalue weighted by molar-refractivity contribution is 0.430. The van der Waals surface area contributed by atoms with Crippen LogP contribution in [-0.2, 0) is 15.8 Å². The van der Waals surface area contributed by atoms with E-state index in [0.29, 0.717) is 16.8 Å². The van der Waals surface area contributed by atoms with Crippen LogP contribution in [0.25, 0.3) is 11.3 Å². The Morgan fingerprint density at radius 1 is 1.00 bits per heavy atom. The van der Waals surface area contributed by atoms with Crippen LogP contribution in [0.5, 0.6) is 11.6 Å². The summed E-state index contributed by atoms with van der Waals surface area (Å²) in [6.07, 6.45) is 2.91. The number of hydrogen-bond donors (Lipinski definition) is 2. The molecule has 168 valence electrons. The van der Waals surface area contributed by atoms with Gasteiger partial charge >= 0.3 is 0 Å². The minimum absolute atomic E-state index is 0.000641. The number of nitrogens with zero attached hydrogens (tertiary/aromatic N) is 3. The van der Waals surface area contributed by atoms with Gasteiger partial charge in [0.25, 0.3) is 0 Å². The molecule has 0 aliphatic heterocycles. The van der Waals surface area contributed by atoms with Crippen molar-refractivity contribution < 1.29 is 17.5 Å². The summed E-state index contributed by atoms with van der Waals surface area (Å²) >= 11 is 6.16. The summed E-state index contributed by atoms with van der Waals surface area (Å²) in [5.41, 5.74) is 6.71. The Balaban J connectivity index is 1.65. The lowest BCUT2D eigenvalue weighted by atomic mass is 10.2. The first-order valence-electron chi connectivity index (χ1n) is 9.56. The molecule has 2 heterocycles. The zero-order valence-corrected chi connectivity index (χ0v) is 18.5. The summed E-state index contributed by atoms with van der Waals surface area (Å²) in [5, 5.41) is -0.0719. The number of benzene rings is 2. The van der Waals surface area contributed by atoms with Gasteiger partial charge in [0, 0.05) is 12.4 Å². The second-order valence-electron chi connectivity index (χ2n) is 6.84. The van der Waals surface area contributed by atoms with Crippen molar-refractivity contribution in [1.82, 2.24) is 15.0 Å². The Morgan fingerprint density at radius 3 is 2.55 bits per heavy atom. The molecular formula is C22H17ClFN5O3S. The van der Waals surface area contributed by atoms with Crippen molar-refractivity contribution in [3.8, 4) is 22.9 Å². The molecule has 0 fully saturated rings. The Kier molecular flexibility index (Phi) is 6.38. The second-order valence-corrected chi connectivity index (χ2v) is 8.97. The maximum Gasteiger partial charge on any atom is 0.237 e. The molecule has 0 bridgehead atoms. The average molecular weight is 486 g/mol. The molecule has 2 aromatic heterocycles. The van der Waals surface area contributed by atoms with Crippen molar-refractivity contribution in [2.45, 2.75) is 5.75 Å². The summed E-state index contributed by atoms with van der Waals surface area (Å²) in [5.74, 6) is -1.66. The van der Waals surface area contributed by atoms with E-state index in [9.17, 15) is 8.42 Å². The molecule has 0 radical (unpaired) electrons.